The summed E-state index contributed by atoms with van der Waals surface area (Å²) in [5, 5.41) is 0. The molecule has 0 amide bonds. The number of hydrogen-bond donors (Lipinski definition) is 0. The number of hydrogen-bond acceptors (Lipinski definition) is 2. The first-order valence-electron chi connectivity index (χ1n) is 3.70. The Hall–Kier alpha value is -0.0800. The van der Waals surface area contributed by atoms with Crippen LogP contribution in [-0.2, 0) is 9.47 Å². The van der Waals surface area contributed by atoms with E-state index in [9.17, 15) is 0 Å². The molecule has 0 unspecified atom stereocenters. The van der Waals surface area contributed by atoms with E-state index in [0.717, 1.165) is 0 Å². The SMILES string of the molecule is C1CC[C@@H]2OCO[C@H]2C1. The van der Waals surface area contributed by atoms with Crippen LogP contribution in [0.15, 0.2) is 0 Å². The summed E-state index contributed by atoms with van der Waals surface area (Å²) in [7, 11) is 0. The van der Waals surface area contributed by atoms with Gasteiger partial charge in [0.25, 0.3) is 0 Å². The first-order chi connectivity index (χ1) is 4.47. The molecule has 2 aliphatic rings. The molecule has 0 aromatic carbocycles. The van der Waals surface area contributed by atoms with Gasteiger partial charge in [-0.25, -0.2) is 0 Å². The highest BCUT2D eigenvalue weighted by molar-refractivity contribution is 4.78. The van der Waals surface area contributed by atoms with Crippen LogP contribution in [0.5, 0.6) is 0 Å². The second-order valence-electron chi connectivity index (χ2n) is 2.81. The third-order valence-corrected chi connectivity index (χ3v) is 2.21. The predicted molar refractivity (Wildman–Crippen MR) is 33.1 cm³/mol. The lowest BCUT2D eigenvalue weighted by Gasteiger charge is -2.21. The molecule has 2 rings (SSSR count). The zero-order chi connectivity index (χ0) is 6.10. The third kappa shape index (κ3) is 0.970. The van der Waals surface area contributed by atoms with Crippen LogP contribution in [0.2, 0.25) is 0 Å². The molecule has 0 radical (unpaired) electrons. The second kappa shape index (κ2) is 2.27. The fourth-order valence-corrected chi connectivity index (χ4v) is 1.66. The van der Waals surface area contributed by atoms with Gasteiger partial charge in [-0.1, -0.05) is 12.8 Å². The van der Waals surface area contributed by atoms with Gasteiger partial charge in [-0.2, -0.15) is 0 Å². The van der Waals surface area contributed by atoms with E-state index in [1.54, 1.807) is 0 Å². The van der Waals surface area contributed by atoms with E-state index in [4.69, 9.17) is 9.47 Å². The maximum absolute atomic E-state index is 5.33. The van der Waals surface area contributed by atoms with Crippen molar-refractivity contribution in [2.45, 2.75) is 37.9 Å². The molecule has 1 aliphatic carbocycles. The van der Waals surface area contributed by atoms with Crippen molar-refractivity contribution in [1.82, 2.24) is 0 Å². The van der Waals surface area contributed by atoms with Crippen molar-refractivity contribution >= 4 is 0 Å². The molecular formula is C7H12O2. The number of ether oxygens (including phenoxy) is 2. The van der Waals surface area contributed by atoms with Crippen molar-refractivity contribution in [1.29, 1.82) is 0 Å². The van der Waals surface area contributed by atoms with Gasteiger partial charge in [-0.3, -0.25) is 0 Å². The molecule has 9 heavy (non-hydrogen) atoms. The van der Waals surface area contributed by atoms with Crippen LogP contribution in [0, 0.1) is 0 Å². The summed E-state index contributed by atoms with van der Waals surface area (Å²) in [6.07, 6.45) is 5.96. The summed E-state index contributed by atoms with van der Waals surface area (Å²) >= 11 is 0. The molecule has 0 N–H and O–H groups in total. The van der Waals surface area contributed by atoms with Crippen LogP contribution < -0.4 is 0 Å². The molecule has 0 bridgehead atoms. The molecular weight excluding hydrogens is 116 g/mol. The van der Waals surface area contributed by atoms with Crippen molar-refractivity contribution in [3.63, 3.8) is 0 Å². The van der Waals surface area contributed by atoms with Gasteiger partial charge in [0.15, 0.2) is 0 Å². The first kappa shape index (κ1) is 5.69. The summed E-state index contributed by atoms with van der Waals surface area (Å²) in [5.74, 6) is 0. The van der Waals surface area contributed by atoms with Crippen LogP contribution in [-0.4, -0.2) is 19.0 Å². The molecule has 1 saturated heterocycles. The lowest BCUT2D eigenvalue weighted by atomic mass is 9.95. The monoisotopic (exact) mass is 128 g/mol. The largest absolute Gasteiger partial charge is 0.349 e. The Morgan fingerprint density at radius 2 is 1.44 bits per heavy atom. The molecule has 2 nitrogen and oxygen atoms in total. The fourth-order valence-electron chi connectivity index (χ4n) is 1.66. The van der Waals surface area contributed by atoms with Crippen LogP contribution >= 0.6 is 0 Å². The van der Waals surface area contributed by atoms with E-state index in [2.05, 4.69) is 0 Å². The summed E-state index contributed by atoms with van der Waals surface area (Å²) in [4.78, 5) is 0. The number of fused-ring (bicyclic) bond motifs is 1. The predicted octanol–water partition coefficient (Wildman–Crippen LogP) is 1.30. The van der Waals surface area contributed by atoms with E-state index in [1.165, 1.54) is 25.7 Å². The highest BCUT2D eigenvalue weighted by Gasteiger charge is 2.30. The zero-order valence-electron chi connectivity index (χ0n) is 5.51. The number of rotatable bonds is 0. The van der Waals surface area contributed by atoms with E-state index in [1.807, 2.05) is 0 Å². The van der Waals surface area contributed by atoms with E-state index in [-0.39, 0.29) is 0 Å². The average Bonchev–Trinajstić information content (AvgIpc) is 2.33. The molecule has 1 aliphatic heterocycles. The molecule has 2 fully saturated rings. The molecule has 0 spiro atoms. The highest BCUT2D eigenvalue weighted by Crippen LogP contribution is 2.27. The van der Waals surface area contributed by atoms with Gasteiger partial charge in [0, 0.05) is 0 Å². The molecule has 1 heterocycles. The van der Waals surface area contributed by atoms with E-state index >= 15 is 0 Å². The Balaban J connectivity index is 1.97. The van der Waals surface area contributed by atoms with Gasteiger partial charge >= 0.3 is 0 Å². The van der Waals surface area contributed by atoms with Crippen molar-refractivity contribution in [3.8, 4) is 0 Å². The fraction of sp³-hybridized carbons (Fsp3) is 1.00. The Labute approximate surface area is 55.1 Å². The molecule has 2 atom stereocenters. The lowest BCUT2D eigenvalue weighted by Crippen LogP contribution is -2.25. The first-order valence-corrected chi connectivity index (χ1v) is 3.70. The van der Waals surface area contributed by atoms with E-state index in [0.29, 0.717) is 19.0 Å². The molecule has 2 heteroatoms. The molecule has 1 saturated carbocycles. The third-order valence-electron chi connectivity index (χ3n) is 2.21. The quantitative estimate of drug-likeness (QED) is 0.489. The van der Waals surface area contributed by atoms with Crippen molar-refractivity contribution in [2.75, 3.05) is 6.79 Å². The molecule has 52 valence electrons. The van der Waals surface area contributed by atoms with Gasteiger partial charge in [-0.15, -0.1) is 0 Å². The lowest BCUT2D eigenvalue weighted by molar-refractivity contribution is 0.0396. The maximum Gasteiger partial charge on any atom is 0.147 e. The normalized spacial score (nSPS) is 42.7. The summed E-state index contributed by atoms with van der Waals surface area (Å²) in [5.41, 5.74) is 0. The smallest absolute Gasteiger partial charge is 0.147 e. The summed E-state index contributed by atoms with van der Waals surface area (Å²) in [6.45, 7) is 0.537. The maximum atomic E-state index is 5.33. The molecule has 0 aromatic heterocycles. The summed E-state index contributed by atoms with van der Waals surface area (Å²) in [6, 6.07) is 0. The molecule has 0 aromatic rings. The average molecular weight is 128 g/mol. The Bertz CT molecular complexity index is 91.1. The van der Waals surface area contributed by atoms with Gasteiger partial charge in [0.1, 0.15) is 6.79 Å². The van der Waals surface area contributed by atoms with Gasteiger partial charge in [0.05, 0.1) is 12.2 Å². The van der Waals surface area contributed by atoms with Crippen LogP contribution in [0.3, 0.4) is 0 Å². The van der Waals surface area contributed by atoms with Crippen molar-refractivity contribution in [3.05, 3.63) is 0 Å². The zero-order valence-corrected chi connectivity index (χ0v) is 5.51. The minimum Gasteiger partial charge on any atom is -0.349 e. The van der Waals surface area contributed by atoms with Crippen LogP contribution in [0.4, 0.5) is 0 Å². The van der Waals surface area contributed by atoms with Crippen molar-refractivity contribution < 1.29 is 9.47 Å². The van der Waals surface area contributed by atoms with Gasteiger partial charge < -0.3 is 9.47 Å². The summed E-state index contributed by atoms with van der Waals surface area (Å²) < 4.78 is 10.7. The Morgan fingerprint density at radius 1 is 0.889 bits per heavy atom. The highest BCUT2D eigenvalue weighted by atomic mass is 16.7. The topological polar surface area (TPSA) is 18.5 Å². The van der Waals surface area contributed by atoms with Crippen molar-refractivity contribution in [2.24, 2.45) is 0 Å². The Morgan fingerprint density at radius 3 is 2.00 bits per heavy atom. The van der Waals surface area contributed by atoms with Crippen LogP contribution in [0.25, 0.3) is 0 Å². The standard InChI is InChI=1S/C7H12O2/c1-2-4-7-6(3-1)8-5-9-7/h6-7H,1-5H2/t6-,7-/m0/s1. The second-order valence-corrected chi connectivity index (χ2v) is 2.81. The Kier molecular flexibility index (Phi) is 1.44. The van der Waals surface area contributed by atoms with Crippen LogP contribution in [0.1, 0.15) is 25.7 Å². The van der Waals surface area contributed by atoms with Gasteiger partial charge in [-0.05, 0) is 12.8 Å². The van der Waals surface area contributed by atoms with E-state index < -0.39 is 0 Å². The van der Waals surface area contributed by atoms with Gasteiger partial charge in [0.2, 0.25) is 0 Å². The minimum absolute atomic E-state index is 0.443. The minimum atomic E-state index is 0.443.